The molecule has 0 fully saturated rings. The number of rotatable bonds is 40. The van der Waals surface area contributed by atoms with Crippen LogP contribution in [0.3, 0.4) is 0 Å². The van der Waals surface area contributed by atoms with Gasteiger partial charge in [0.2, 0.25) is 0 Å². The predicted octanol–water partition coefficient (Wildman–Crippen LogP) is 13.5. The maximum absolute atomic E-state index is 12.9. The predicted molar refractivity (Wildman–Crippen MR) is 229 cm³/mol. The molecule has 0 aromatic heterocycles. The Bertz CT molecular complexity index is 986. The molecule has 0 N–H and O–H groups in total. The first-order chi connectivity index (χ1) is 26.8. The minimum atomic E-state index is -4.27. The SMILES string of the molecule is CCCCCCCCCCCCCCCCOC(=O)/C=C\C(=O)[O][Sn]([CH2]CCC)([CH2]CCC)[O]C(=O)/C=C\C(=O)OCCCCCCCCCCCCCC. The summed E-state index contributed by atoms with van der Waals surface area (Å²) in [7, 11) is 0. The van der Waals surface area contributed by atoms with Crippen molar-refractivity contribution in [2.24, 2.45) is 0 Å². The van der Waals surface area contributed by atoms with Gasteiger partial charge in [-0.05, 0) is 0 Å². The number of carbonyl (C=O) groups is 4. The van der Waals surface area contributed by atoms with E-state index >= 15 is 0 Å². The van der Waals surface area contributed by atoms with Crippen molar-refractivity contribution in [2.45, 2.75) is 229 Å². The first-order valence-electron chi connectivity index (χ1n) is 23.0. The van der Waals surface area contributed by atoms with Crippen molar-refractivity contribution in [3.8, 4) is 0 Å². The molecule has 0 aromatic carbocycles. The van der Waals surface area contributed by atoms with Gasteiger partial charge < -0.3 is 0 Å². The van der Waals surface area contributed by atoms with Crippen molar-refractivity contribution in [1.82, 2.24) is 0 Å². The van der Waals surface area contributed by atoms with Gasteiger partial charge in [-0.25, -0.2) is 0 Å². The fourth-order valence-electron chi connectivity index (χ4n) is 6.63. The molecular weight excluding hydrogens is 799 g/mol. The number of hydrogen-bond donors (Lipinski definition) is 0. The summed E-state index contributed by atoms with van der Waals surface area (Å²) in [6.07, 6.45) is 39.9. The number of unbranched alkanes of at least 4 members (excludes halogenated alkanes) is 26. The van der Waals surface area contributed by atoms with Crippen LogP contribution in [-0.2, 0) is 34.8 Å². The Balaban J connectivity index is 4.48. The van der Waals surface area contributed by atoms with Crippen LogP contribution in [0.25, 0.3) is 0 Å². The van der Waals surface area contributed by atoms with Gasteiger partial charge in [0.15, 0.2) is 0 Å². The molecule has 0 aliphatic rings. The van der Waals surface area contributed by atoms with Crippen LogP contribution in [0.2, 0.25) is 8.87 Å². The summed E-state index contributed by atoms with van der Waals surface area (Å²) >= 11 is -4.27. The average molecular weight is 884 g/mol. The summed E-state index contributed by atoms with van der Waals surface area (Å²) in [5.74, 6) is -2.57. The van der Waals surface area contributed by atoms with Gasteiger partial charge >= 0.3 is 228 Å². The summed E-state index contributed by atoms with van der Waals surface area (Å²) in [4.78, 5) is 50.4. The van der Waals surface area contributed by atoms with Gasteiger partial charge in [-0.15, -0.1) is 0 Å². The van der Waals surface area contributed by atoms with Gasteiger partial charge in [0, 0.05) is 0 Å². The molecule has 0 saturated heterocycles. The molecule has 0 saturated carbocycles. The van der Waals surface area contributed by atoms with E-state index < -0.39 is 43.1 Å². The Kier molecular flexibility index (Phi) is 39.0. The van der Waals surface area contributed by atoms with Crippen molar-refractivity contribution < 1.29 is 34.8 Å². The standard InChI is InChI=1S/C20H36O4.C18H32O4.2C4H9.Sn/c1-2-3-4-5-6-7-8-9-10-11-12-13-14-15-18-24-20(23)17-16-19(21)22;1-2-3-4-5-6-7-8-9-10-11-12-13-16-22-18(21)15-14-17(19)20;2*1-3-4-2;/h16-17H,2-15,18H2,1H3,(H,21,22);14-15H,2-13,16H2,1H3,(H,19,20);2*1,3-4H2,2H3;/q;;;;+2/p-2/b17-16-;15-14-;;;. The maximum atomic E-state index is 12.9. The van der Waals surface area contributed by atoms with Crippen molar-refractivity contribution in [3.05, 3.63) is 24.3 Å². The molecule has 9 heteroatoms. The molecule has 0 radical (unpaired) electrons. The zero-order valence-electron chi connectivity index (χ0n) is 36.1. The van der Waals surface area contributed by atoms with E-state index in [-0.39, 0.29) is 0 Å². The minimum Gasteiger partial charge on any atom is -0.0654 e. The molecule has 0 rings (SSSR count). The molecule has 0 spiro atoms. The number of esters is 2. The van der Waals surface area contributed by atoms with E-state index in [2.05, 4.69) is 13.8 Å². The van der Waals surface area contributed by atoms with Gasteiger partial charge in [0.1, 0.15) is 0 Å². The third-order valence-corrected chi connectivity index (χ3v) is 19.7. The summed E-state index contributed by atoms with van der Waals surface area (Å²) < 4.78 is 23.5. The zero-order chi connectivity index (χ0) is 40.5. The molecule has 0 amide bonds. The van der Waals surface area contributed by atoms with E-state index in [0.29, 0.717) is 22.1 Å². The molecule has 8 nitrogen and oxygen atoms in total. The molecule has 0 aliphatic heterocycles. The molecular formula is C46H84O8Sn. The van der Waals surface area contributed by atoms with Crippen LogP contribution >= 0.6 is 0 Å². The Hall–Kier alpha value is -1.84. The first-order valence-corrected chi connectivity index (χ1v) is 29.3. The van der Waals surface area contributed by atoms with Crippen molar-refractivity contribution in [3.63, 3.8) is 0 Å². The van der Waals surface area contributed by atoms with Crippen LogP contribution in [0.15, 0.2) is 24.3 Å². The quantitative estimate of drug-likeness (QED) is 0.0259. The fraction of sp³-hybridized carbons (Fsp3) is 0.826. The van der Waals surface area contributed by atoms with E-state index in [9.17, 15) is 19.2 Å². The number of carbonyl (C=O) groups excluding carboxylic acids is 4. The van der Waals surface area contributed by atoms with Crippen LogP contribution in [0.4, 0.5) is 0 Å². The molecule has 0 aliphatic carbocycles. The van der Waals surface area contributed by atoms with Gasteiger partial charge in [-0.2, -0.15) is 0 Å². The molecule has 0 bridgehead atoms. The van der Waals surface area contributed by atoms with Crippen LogP contribution < -0.4 is 0 Å². The Morgan fingerprint density at radius 1 is 0.327 bits per heavy atom. The van der Waals surface area contributed by atoms with E-state index in [4.69, 9.17) is 15.6 Å². The van der Waals surface area contributed by atoms with Crippen LogP contribution in [-0.4, -0.2) is 56.3 Å². The van der Waals surface area contributed by atoms with Crippen molar-refractivity contribution in [2.75, 3.05) is 13.2 Å². The third-order valence-electron chi connectivity index (χ3n) is 10.1. The van der Waals surface area contributed by atoms with E-state index in [1.54, 1.807) is 0 Å². The molecule has 0 unspecified atom stereocenters. The average Bonchev–Trinajstić information content (AvgIpc) is 3.18. The van der Waals surface area contributed by atoms with Gasteiger partial charge in [-0.3, -0.25) is 0 Å². The van der Waals surface area contributed by atoms with Crippen LogP contribution in [0, 0.1) is 0 Å². The van der Waals surface area contributed by atoms with Gasteiger partial charge in [0.05, 0.1) is 0 Å². The Morgan fingerprint density at radius 3 is 0.836 bits per heavy atom. The van der Waals surface area contributed by atoms with Gasteiger partial charge in [-0.1, -0.05) is 117 Å². The third kappa shape index (κ3) is 36.3. The number of hydrogen-bond acceptors (Lipinski definition) is 8. The van der Waals surface area contributed by atoms with E-state index in [1.807, 2.05) is 13.8 Å². The zero-order valence-corrected chi connectivity index (χ0v) is 39.0. The summed E-state index contributed by atoms with van der Waals surface area (Å²) in [6.45, 7) is 9.19. The Labute approximate surface area is 343 Å². The summed E-state index contributed by atoms with van der Waals surface area (Å²) in [5.41, 5.74) is 0. The summed E-state index contributed by atoms with van der Waals surface area (Å²) in [5, 5.41) is 0. The minimum absolute atomic E-state index is 0.317. The molecule has 0 atom stereocenters. The van der Waals surface area contributed by atoms with E-state index in [0.717, 1.165) is 88.5 Å². The smallest absolute Gasteiger partial charge is 0.0654 e. The van der Waals surface area contributed by atoms with Crippen molar-refractivity contribution in [1.29, 1.82) is 0 Å². The first kappa shape index (κ1) is 53.2. The second-order valence-corrected chi connectivity index (χ2v) is 24.7. The molecule has 320 valence electrons. The van der Waals surface area contributed by atoms with Crippen molar-refractivity contribution >= 4 is 43.1 Å². The second-order valence-electron chi connectivity index (χ2n) is 15.4. The normalized spacial score (nSPS) is 11.7. The summed E-state index contributed by atoms with van der Waals surface area (Å²) in [6, 6.07) is 0. The fourth-order valence-corrected chi connectivity index (χ4v) is 16.2. The van der Waals surface area contributed by atoms with Crippen LogP contribution in [0.5, 0.6) is 0 Å². The van der Waals surface area contributed by atoms with Gasteiger partial charge in [0.25, 0.3) is 0 Å². The second kappa shape index (κ2) is 40.4. The molecule has 0 heterocycles. The number of ether oxygens (including phenoxy) is 2. The molecule has 55 heavy (non-hydrogen) atoms. The monoisotopic (exact) mass is 885 g/mol. The Morgan fingerprint density at radius 2 is 0.564 bits per heavy atom. The molecule has 0 aromatic rings. The van der Waals surface area contributed by atoms with E-state index in [1.165, 1.54) is 128 Å². The topological polar surface area (TPSA) is 105 Å². The van der Waals surface area contributed by atoms with Crippen LogP contribution in [0.1, 0.15) is 220 Å².